The second-order valence-electron chi connectivity index (χ2n) is 7.03. The zero-order valence-electron chi connectivity index (χ0n) is 14.0. The summed E-state index contributed by atoms with van der Waals surface area (Å²) in [5.41, 5.74) is 0. The summed E-state index contributed by atoms with van der Waals surface area (Å²) in [7, 11) is -3.72. The molecule has 0 bridgehead atoms. The molecule has 19 heavy (non-hydrogen) atoms. The number of hydrogen-bond donors (Lipinski definition) is 0. The molecule has 0 amide bonds. The first-order valence-corrected chi connectivity index (χ1v) is 16.0. The van der Waals surface area contributed by atoms with Crippen molar-refractivity contribution in [2.75, 3.05) is 0 Å². The molecule has 3 nitrogen and oxygen atoms in total. The van der Waals surface area contributed by atoms with Gasteiger partial charge in [0.1, 0.15) is 0 Å². The molecule has 0 atom stereocenters. The summed E-state index contributed by atoms with van der Waals surface area (Å²) in [5.74, 6) is 0. The minimum absolute atomic E-state index is 0.392. The molecular formula is C13H34O3Si3. The van der Waals surface area contributed by atoms with E-state index < -0.39 is 32.9 Å². The van der Waals surface area contributed by atoms with Crippen LogP contribution in [0.1, 0.15) is 32.6 Å². The van der Waals surface area contributed by atoms with Crippen LogP contribution in [-0.4, -0.2) is 32.9 Å². The SMILES string of the molecule is CCCCCC[SiH2]OC(O[Si](C)(C)C)O[Si](C)(C)C. The maximum Gasteiger partial charge on any atom is 0.242 e. The molecule has 0 aromatic heterocycles. The van der Waals surface area contributed by atoms with E-state index in [1.54, 1.807) is 0 Å². The third-order valence-electron chi connectivity index (χ3n) is 2.40. The Hall–Kier alpha value is 0.531. The van der Waals surface area contributed by atoms with E-state index in [0.29, 0.717) is 0 Å². The Bertz CT molecular complexity index is 208. The van der Waals surface area contributed by atoms with Crippen LogP contribution in [-0.2, 0) is 13.3 Å². The topological polar surface area (TPSA) is 27.7 Å². The normalized spacial score (nSPS) is 13.9. The van der Waals surface area contributed by atoms with Crippen molar-refractivity contribution in [3.05, 3.63) is 0 Å². The third-order valence-corrected chi connectivity index (χ3v) is 5.50. The molecule has 0 rings (SSSR count). The highest BCUT2D eigenvalue weighted by Crippen LogP contribution is 2.15. The third kappa shape index (κ3) is 14.7. The molecule has 0 fully saturated rings. The maximum atomic E-state index is 6.01. The summed E-state index contributed by atoms with van der Waals surface area (Å²) in [5, 5.41) is 0. The molecular weight excluding hydrogens is 288 g/mol. The van der Waals surface area contributed by atoms with E-state index in [-0.39, 0.29) is 0 Å². The second kappa shape index (κ2) is 9.46. The van der Waals surface area contributed by atoms with Crippen molar-refractivity contribution in [2.24, 2.45) is 0 Å². The van der Waals surface area contributed by atoms with Gasteiger partial charge in [-0.15, -0.1) is 0 Å². The van der Waals surface area contributed by atoms with Crippen LogP contribution in [0.25, 0.3) is 0 Å². The number of rotatable bonds is 11. The van der Waals surface area contributed by atoms with Crippen molar-refractivity contribution >= 4 is 26.4 Å². The largest absolute Gasteiger partial charge is 0.380 e. The van der Waals surface area contributed by atoms with Crippen LogP contribution < -0.4 is 0 Å². The van der Waals surface area contributed by atoms with Gasteiger partial charge in [-0.05, 0) is 45.3 Å². The van der Waals surface area contributed by atoms with Gasteiger partial charge in [0.2, 0.25) is 6.48 Å². The van der Waals surface area contributed by atoms with Crippen molar-refractivity contribution in [3.63, 3.8) is 0 Å². The molecule has 0 aliphatic carbocycles. The Morgan fingerprint density at radius 3 is 1.79 bits per heavy atom. The molecule has 0 aliphatic heterocycles. The fourth-order valence-corrected chi connectivity index (χ4v) is 4.36. The fourth-order valence-electron chi connectivity index (χ4n) is 1.55. The van der Waals surface area contributed by atoms with E-state index in [2.05, 4.69) is 46.2 Å². The van der Waals surface area contributed by atoms with Gasteiger partial charge in [-0.2, -0.15) is 0 Å². The Kier molecular flexibility index (Phi) is 9.73. The lowest BCUT2D eigenvalue weighted by molar-refractivity contribution is -0.152. The number of hydrogen-bond acceptors (Lipinski definition) is 3. The first kappa shape index (κ1) is 19.5. The van der Waals surface area contributed by atoms with Gasteiger partial charge in [-0.25, -0.2) is 0 Å². The highest BCUT2D eigenvalue weighted by Gasteiger charge is 2.27. The van der Waals surface area contributed by atoms with Crippen molar-refractivity contribution in [3.8, 4) is 0 Å². The van der Waals surface area contributed by atoms with Gasteiger partial charge in [-0.1, -0.05) is 32.6 Å². The molecule has 0 spiro atoms. The molecule has 0 aromatic carbocycles. The van der Waals surface area contributed by atoms with Crippen molar-refractivity contribution in [1.29, 1.82) is 0 Å². The highest BCUT2D eigenvalue weighted by atomic mass is 28.4. The van der Waals surface area contributed by atoms with Crippen molar-refractivity contribution < 1.29 is 13.3 Å². The van der Waals surface area contributed by atoms with Gasteiger partial charge in [0, 0.05) is 0 Å². The summed E-state index contributed by atoms with van der Waals surface area (Å²) in [6.07, 6.45) is 5.27. The first-order chi connectivity index (χ1) is 8.64. The Labute approximate surface area is 124 Å². The van der Waals surface area contributed by atoms with Gasteiger partial charge in [-0.3, -0.25) is 0 Å². The van der Waals surface area contributed by atoms with Gasteiger partial charge < -0.3 is 13.3 Å². The minimum atomic E-state index is -1.61. The molecule has 0 N–H and O–H groups in total. The molecule has 6 heteroatoms. The zero-order chi connectivity index (χ0) is 14.9. The van der Waals surface area contributed by atoms with Crippen LogP contribution in [0.3, 0.4) is 0 Å². The van der Waals surface area contributed by atoms with E-state index in [4.69, 9.17) is 13.3 Å². The van der Waals surface area contributed by atoms with Crippen molar-refractivity contribution in [2.45, 2.75) is 84.4 Å². The van der Waals surface area contributed by atoms with Gasteiger partial charge >= 0.3 is 0 Å². The van der Waals surface area contributed by atoms with Crippen LogP contribution in [0.5, 0.6) is 0 Å². The molecule has 0 radical (unpaired) electrons. The standard InChI is InChI=1S/C13H34O3Si3/c1-8-9-10-11-12-17-14-13(15-18(2,3)4)16-19(5,6)7/h13H,8-12,17H2,1-7H3. The molecule has 0 saturated carbocycles. The molecule has 0 unspecified atom stereocenters. The van der Waals surface area contributed by atoms with Gasteiger partial charge in [0.25, 0.3) is 0 Å². The van der Waals surface area contributed by atoms with E-state index in [1.165, 1.54) is 31.7 Å². The molecule has 0 saturated heterocycles. The summed E-state index contributed by atoms with van der Waals surface area (Å²) in [4.78, 5) is 0. The van der Waals surface area contributed by atoms with Crippen LogP contribution >= 0.6 is 0 Å². The Balaban J connectivity index is 3.99. The molecule has 0 aliphatic rings. The summed E-state index contributed by atoms with van der Waals surface area (Å²) < 4.78 is 17.9. The quantitative estimate of drug-likeness (QED) is 0.326. The molecule has 0 aromatic rings. The van der Waals surface area contributed by atoms with E-state index >= 15 is 0 Å². The monoisotopic (exact) mass is 322 g/mol. The van der Waals surface area contributed by atoms with E-state index in [9.17, 15) is 0 Å². The first-order valence-electron chi connectivity index (χ1n) is 7.61. The van der Waals surface area contributed by atoms with Gasteiger partial charge in [0.15, 0.2) is 26.4 Å². The van der Waals surface area contributed by atoms with E-state index in [0.717, 1.165) is 0 Å². The maximum absolute atomic E-state index is 6.01. The van der Waals surface area contributed by atoms with Crippen LogP contribution in [0, 0.1) is 0 Å². The summed E-state index contributed by atoms with van der Waals surface area (Å²) in [6.45, 7) is 14.9. The minimum Gasteiger partial charge on any atom is -0.380 e. The van der Waals surface area contributed by atoms with Crippen LogP contribution in [0.15, 0.2) is 0 Å². The predicted octanol–water partition coefficient (Wildman–Crippen LogP) is 4.07. The summed E-state index contributed by atoms with van der Waals surface area (Å²) >= 11 is 0. The smallest absolute Gasteiger partial charge is 0.242 e. The number of unbranched alkanes of at least 4 members (excludes halogenated alkanes) is 3. The Morgan fingerprint density at radius 2 is 1.37 bits per heavy atom. The average molecular weight is 323 g/mol. The average Bonchev–Trinajstić information content (AvgIpc) is 2.18. The van der Waals surface area contributed by atoms with Crippen LogP contribution in [0.4, 0.5) is 0 Å². The lowest BCUT2D eigenvalue weighted by Crippen LogP contribution is -2.41. The molecule has 116 valence electrons. The van der Waals surface area contributed by atoms with Crippen LogP contribution in [0.2, 0.25) is 45.3 Å². The summed E-state index contributed by atoms with van der Waals surface area (Å²) in [6, 6.07) is 1.24. The molecule has 0 heterocycles. The van der Waals surface area contributed by atoms with E-state index in [1.807, 2.05) is 0 Å². The lowest BCUT2D eigenvalue weighted by Gasteiger charge is -2.31. The highest BCUT2D eigenvalue weighted by molar-refractivity contribution is 6.70. The fraction of sp³-hybridized carbons (Fsp3) is 1.00. The Morgan fingerprint density at radius 1 is 0.842 bits per heavy atom. The second-order valence-corrected chi connectivity index (χ2v) is 17.4. The van der Waals surface area contributed by atoms with Gasteiger partial charge in [0.05, 0.1) is 0 Å². The zero-order valence-corrected chi connectivity index (χ0v) is 17.5. The lowest BCUT2D eigenvalue weighted by atomic mass is 10.2. The predicted molar refractivity (Wildman–Crippen MR) is 91.2 cm³/mol. The van der Waals surface area contributed by atoms with Crippen molar-refractivity contribution in [1.82, 2.24) is 0 Å².